The summed E-state index contributed by atoms with van der Waals surface area (Å²) >= 11 is 0. The molecule has 0 saturated carbocycles. The monoisotopic (exact) mass is 174 g/mol. The Hall–Kier alpha value is -0.160. The smallest absolute Gasteiger partial charge is 0.0713 e. The quantitative estimate of drug-likeness (QED) is 0.461. The average Bonchev–Trinajstić information content (AvgIpc) is 2.58. The first-order valence-electron chi connectivity index (χ1n) is 4.36. The Balaban J connectivity index is 2.42. The van der Waals surface area contributed by atoms with Gasteiger partial charge in [0, 0.05) is 19.6 Å². The summed E-state index contributed by atoms with van der Waals surface area (Å²) in [5, 5.41) is 0. The summed E-state index contributed by atoms with van der Waals surface area (Å²) in [4.78, 5) is 0. The molecule has 1 rings (SSSR count). The number of hydrogen-bond acceptors (Lipinski definition) is 4. The minimum atomic E-state index is 0.140. The number of hydrogen-bond donors (Lipinski definition) is 2. The normalized spacial score (nSPS) is 28.8. The van der Waals surface area contributed by atoms with Crippen molar-refractivity contribution >= 4 is 0 Å². The van der Waals surface area contributed by atoms with Crippen molar-refractivity contribution in [3.8, 4) is 0 Å². The molecule has 0 bridgehead atoms. The molecule has 1 fully saturated rings. The maximum Gasteiger partial charge on any atom is 0.0713 e. The highest BCUT2D eigenvalue weighted by molar-refractivity contribution is 4.82. The van der Waals surface area contributed by atoms with Crippen LogP contribution < -0.4 is 11.3 Å². The molecule has 1 heterocycles. The van der Waals surface area contributed by atoms with Crippen LogP contribution in [0, 0.1) is 5.92 Å². The highest BCUT2D eigenvalue weighted by Gasteiger charge is 2.28. The summed E-state index contributed by atoms with van der Waals surface area (Å²) in [5.41, 5.74) is 2.79. The van der Waals surface area contributed by atoms with E-state index in [1.165, 1.54) is 0 Å². The minimum absolute atomic E-state index is 0.140. The Kier molecular flexibility index (Phi) is 3.94. The van der Waals surface area contributed by atoms with Crippen molar-refractivity contribution in [2.45, 2.75) is 25.5 Å². The summed E-state index contributed by atoms with van der Waals surface area (Å²) in [7, 11) is 1.70. The number of nitrogens with two attached hydrogens (primary N) is 1. The van der Waals surface area contributed by atoms with Crippen LogP contribution in [-0.4, -0.2) is 32.5 Å². The number of hydrazine groups is 1. The molecule has 0 spiro atoms. The molecule has 4 nitrogen and oxygen atoms in total. The minimum Gasteiger partial charge on any atom is -0.381 e. The van der Waals surface area contributed by atoms with Gasteiger partial charge in [-0.05, 0) is 13.3 Å². The van der Waals surface area contributed by atoms with Crippen molar-refractivity contribution in [3.05, 3.63) is 0 Å². The molecule has 1 aliphatic heterocycles. The standard InChI is InChI=1S/C8H18N2O2/c1-6(11-2)8(10-9)7-3-4-12-5-7/h6-8,10H,3-5,9H2,1-2H3. The number of methoxy groups -OCH3 is 1. The molecular weight excluding hydrogens is 156 g/mol. The first kappa shape index (κ1) is 9.92. The molecule has 0 aromatic rings. The van der Waals surface area contributed by atoms with Gasteiger partial charge in [-0.3, -0.25) is 11.3 Å². The van der Waals surface area contributed by atoms with Gasteiger partial charge in [-0.25, -0.2) is 0 Å². The Morgan fingerprint density at radius 2 is 2.42 bits per heavy atom. The van der Waals surface area contributed by atoms with E-state index in [1.807, 2.05) is 6.92 Å². The maximum atomic E-state index is 5.44. The van der Waals surface area contributed by atoms with Crippen LogP contribution in [0.3, 0.4) is 0 Å². The van der Waals surface area contributed by atoms with E-state index in [0.29, 0.717) is 5.92 Å². The van der Waals surface area contributed by atoms with Crippen molar-refractivity contribution in [2.75, 3.05) is 20.3 Å². The van der Waals surface area contributed by atoms with Crippen LogP contribution in [0.15, 0.2) is 0 Å². The second-order valence-corrected chi connectivity index (χ2v) is 3.26. The van der Waals surface area contributed by atoms with E-state index in [9.17, 15) is 0 Å². The van der Waals surface area contributed by atoms with Crippen LogP contribution in [0.5, 0.6) is 0 Å². The second-order valence-electron chi connectivity index (χ2n) is 3.26. The highest BCUT2D eigenvalue weighted by Crippen LogP contribution is 2.19. The molecule has 0 aromatic heterocycles. The molecule has 3 N–H and O–H groups in total. The molecule has 0 radical (unpaired) electrons. The molecule has 72 valence electrons. The van der Waals surface area contributed by atoms with E-state index in [0.717, 1.165) is 19.6 Å². The zero-order valence-electron chi connectivity index (χ0n) is 7.75. The Morgan fingerprint density at radius 1 is 1.67 bits per heavy atom. The molecule has 4 heteroatoms. The lowest BCUT2D eigenvalue weighted by atomic mass is 9.95. The zero-order valence-corrected chi connectivity index (χ0v) is 7.75. The van der Waals surface area contributed by atoms with Gasteiger partial charge in [0.05, 0.1) is 18.8 Å². The molecule has 0 aliphatic carbocycles. The molecule has 0 amide bonds. The van der Waals surface area contributed by atoms with Crippen LogP contribution in [0.1, 0.15) is 13.3 Å². The molecule has 3 unspecified atom stereocenters. The Bertz CT molecular complexity index is 126. The summed E-state index contributed by atoms with van der Waals surface area (Å²) in [6.07, 6.45) is 1.21. The summed E-state index contributed by atoms with van der Waals surface area (Å²) in [6, 6.07) is 0.206. The predicted octanol–water partition coefficient (Wildman–Crippen LogP) is -0.110. The second kappa shape index (κ2) is 4.77. The fraction of sp³-hybridized carbons (Fsp3) is 1.00. The fourth-order valence-corrected chi connectivity index (χ4v) is 1.64. The van der Waals surface area contributed by atoms with Gasteiger partial charge >= 0.3 is 0 Å². The number of ether oxygens (including phenoxy) is 2. The Labute approximate surface area is 73.4 Å². The molecule has 1 aliphatic rings. The van der Waals surface area contributed by atoms with E-state index in [-0.39, 0.29) is 12.1 Å². The van der Waals surface area contributed by atoms with Crippen LogP contribution in [0.2, 0.25) is 0 Å². The Morgan fingerprint density at radius 3 is 2.83 bits per heavy atom. The van der Waals surface area contributed by atoms with Gasteiger partial charge in [-0.1, -0.05) is 0 Å². The largest absolute Gasteiger partial charge is 0.381 e. The van der Waals surface area contributed by atoms with Gasteiger partial charge in [0.2, 0.25) is 0 Å². The third-order valence-electron chi connectivity index (χ3n) is 2.54. The highest BCUT2D eigenvalue weighted by atomic mass is 16.5. The molecular formula is C8H18N2O2. The van der Waals surface area contributed by atoms with E-state index >= 15 is 0 Å². The molecule has 3 atom stereocenters. The van der Waals surface area contributed by atoms with E-state index < -0.39 is 0 Å². The van der Waals surface area contributed by atoms with Crippen molar-refractivity contribution in [1.29, 1.82) is 0 Å². The summed E-state index contributed by atoms with van der Waals surface area (Å²) < 4.78 is 10.5. The number of rotatable bonds is 4. The van der Waals surface area contributed by atoms with Gasteiger partial charge < -0.3 is 9.47 Å². The van der Waals surface area contributed by atoms with E-state index in [2.05, 4.69) is 5.43 Å². The van der Waals surface area contributed by atoms with Gasteiger partial charge in [0.25, 0.3) is 0 Å². The first-order chi connectivity index (χ1) is 5.79. The van der Waals surface area contributed by atoms with Gasteiger partial charge in [0.1, 0.15) is 0 Å². The molecule has 0 aromatic carbocycles. The van der Waals surface area contributed by atoms with Gasteiger partial charge in [-0.15, -0.1) is 0 Å². The maximum absolute atomic E-state index is 5.44. The first-order valence-corrected chi connectivity index (χ1v) is 4.36. The van der Waals surface area contributed by atoms with E-state index in [1.54, 1.807) is 7.11 Å². The third-order valence-corrected chi connectivity index (χ3v) is 2.54. The lowest BCUT2D eigenvalue weighted by Gasteiger charge is -2.26. The van der Waals surface area contributed by atoms with Crippen LogP contribution >= 0.6 is 0 Å². The predicted molar refractivity (Wildman–Crippen MR) is 46.5 cm³/mol. The van der Waals surface area contributed by atoms with Crippen molar-refractivity contribution < 1.29 is 9.47 Å². The van der Waals surface area contributed by atoms with Gasteiger partial charge in [-0.2, -0.15) is 0 Å². The van der Waals surface area contributed by atoms with Gasteiger partial charge in [0.15, 0.2) is 0 Å². The number of nitrogens with one attached hydrogen (secondary N) is 1. The molecule has 12 heavy (non-hydrogen) atoms. The van der Waals surface area contributed by atoms with Crippen molar-refractivity contribution in [3.63, 3.8) is 0 Å². The summed E-state index contributed by atoms with van der Waals surface area (Å²) in [6.45, 7) is 3.66. The third kappa shape index (κ3) is 2.17. The zero-order chi connectivity index (χ0) is 8.97. The van der Waals surface area contributed by atoms with Crippen LogP contribution in [0.25, 0.3) is 0 Å². The van der Waals surface area contributed by atoms with Crippen LogP contribution in [0.4, 0.5) is 0 Å². The molecule has 1 saturated heterocycles. The lowest BCUT2D eigenvalue weighted by Crippen LogP contribution is -2.48. The van der Waals surface area contributed by atoms with Crippen molar-refractivity contribution in [1.82, 2.24) is 5.43 Å². The average molecular weight is 174 g/mol. The SMILES string of the molecule is COC(C)C(NN)C1CCOC1. The van der Waals surface area contributed by atoms with E-state index in [4.69, 9.17) is 15.3 Å². The fourth-order valence-electron chi connectivity index (χ4n) is 1.64. The van der Waals surface area contributed by atoms with Crippen molar-refractivity contribution in [2.24, 2.45) is 11.8 Å². The topological polar surface area (TPSA) is 56.5 Å². The van der Waals surface area contributed by atoms with Crippen LogP contribution in [-0.2, 0) is 9.47 Å². The summed E-state index contributed by atoms with van der Waals surface area (Å²) in [5.74, 6) is 5.93. The lowest BCUT2D eigenvalue weighted by molar-refractivity contribution is 0.0568.